The van der Waals surface area contributed by atoms with Crippen LogP contribution in [0.1, 0.15) is 13.3 Å². The van der Waals surface area contributed by atoms with Crippen LogP contribution in [0.4, 0.5) is 11.4 Å². The van der Waals surface area contributed by atoms with Gasteiger partial charge in [-0.15, -0.1) is 11.6 Å². The molecule has 1 unspecified atom stereocenters. The molecule has 1 atom stereocenters. The Labute approximate surface area is 149 Å². The number of hydrogen-bond donors (Lipinski definition) is 0. The van der Waals surface area contributed by atoms with Gasteiger partial charge in [-0.2, -0.15) is 0 Å². The van der Waals surface area contributed by atoms with E-state index < -0.39 is 0 Å². The highest BCUT2D eigenvalue weighted by Gasteiger charge is 2.19. The van der Waals surface area contributed by atoms with E-state index in [-0.39, 0.29) is 5.41 Å². The number of allylic oxidation sites excluding steroid dienone is 5. The van der Waals surface area contributed by atoms with E-state index in [1.54, 1.807) is 0 Å². The summed E-state index contributed by atoms with van der Waals surface area (Å²) in [5.74, 6) is 0.654. The first-order valence-electron chi connectivity index (χ1n) is 8.27. The Morgan fingerprint density at radius 2 is 1.46 bits per heavy atom. The third-order valence-electron chi connectivity index (χ3n) is 4.30. The maximum Gasteiger partial charge on any atom is 0.0461 e. The Morgan fingerprint density at radius 3 is 2.00 bits per heavy atom. The van der Waals surface area contributed by atoms with Crippen molar-refractivity contribution in [2.75, 3.05) is 10.8 Å². The summed E-state index contributed by atoms with van der Waals surface area (Å²) in [5, 5.41) is 0. The van der Waals surface area contributed by atoms with Crippen LogP contribution in [0, 0.1) is 5.41 Å². The smallest absolute Gasteiger partial charge is 0.0461 e. The van der Waals surface area contributed by atoms with Gasteiger partial charge in [-0.05, 0) is 42.8 Å². The first kappa shape index (κ1) is 16.6. The summed E-state index contributed by atoms with van der Waals surface area (Å²) in [6, 6.07) is 20.9. The predicted molar refractivity (Wildman–Crippen MR) is 105 cm³/mol. The number of benzene rings is 2. The lowest BCUT2D eigenvalue weighted by Gasteiger charge is -2.26. The van der Waals surface area contributed by atoms with Gasteiger partial charge in [0.2, 0.25) is 0 Å². The van der Waals surface area contributed by atoms with E-state index in [0.29, 0.717) is 5.88 Å². The second-order valence-corrected chi connectivity index (χ2v) is 6.61. The SMILES string of the molecule is CC1(CCCl)C=CC=C(N(c2ccccc2)c2ccccc2)C=C1. The van der Waals surface area contributed by atoms with Gasteiger partial charge in [-0.25, -0.2) is 0 Å². The van der Waals surface area contributed by atoms with Crippen molar-refractivity contribution in [1.82, 2.24) is 0 Å². The van der Waals surface area contributed by atoms with E-state index in [2.05, 4.69) is 90.7 Å². The summed E-state index contributed by atoms with van der Waals surface area (Å²) < 4.78 is 0. The highest BCUT2D eigenvalue weighted by Crippen LogP contribution is 2.34. The molecular formula is C22H22ClN. The topological polar surface area (TPSA) is 3.24 Å². The molecule has 1 aliphatic rings. The lowest BCUT2D eigenvalue weighted by atomic mass is 9.87. The minimum atomic E-state index is -0.000947. The van der Waals surface area contributed by atoms with Gasteiger partial charge in [0, 0.05) is 28.4 Å². The molecule has 0 radical (unpaired) electrons. The fraction of sp³-hybridized carbons (Fsp3) is 0.182. The van der Waals surface area contributed by atoms with Crippen molar-refractivity contribution >= 4 is 23.0 Å². The van der Waals surface area contributed by atoms with Crippen molar-refractivity contribution in [3.8, 4) is 0 Å². The Balaban J connectivity index is 2.01. The van der Waals surface area contributed by atoms with Crippen LogP contribution in [-0.2, 0) is 0 Å². The van der Waals surface area contributed by atoms with Crippen LogP contribution in [0.5, 0.6) is 0 Å². The molecule has 2 aromatic carbocycles. The van der Waals surface area contributed by atoms with Gasteiger partial charge in [-0.1, -0.05) is 61.5 Å². The monoisotopic (exact) mass is 335 g/mol. The second kappa shape index (κ2) is 7.55. The summed E-state index contributed by atoms with van der Waals surface area (Å²) in [5.41, 5.74) is 3.43. The first-order valence-corrected chi connectivity index (χ1v) is 8.80. The maximum atomic E-state index is 5.97. The predicted octanol–water partition coefficient (Wildman–Crippen LogP) is 6.47. The highest BCUT2D eigenvalue weighted by molar-refractivity contribution is 6.17. The number of hydrogen-bond acceptors (Lipinski definition) is 1. The Kier molecular flexibility index (Phi) is 5.22. The van der Waals surface area contributed by atoms with Gasteiger partial charge < -0.3 is 4.90 Å². The molecule has 0 saturated heterocycles. The van der Waals surface area contributed by atoms with Crippen LogP contribution >= 0.6 is 11.6 Å². The third kappa shape index (κ3) is 3.80. The highest BCUT2D eigenvalue weighted by atomic mass is 35.5. The van der Waals surface area contributed by atoms with E-state index in [0.717, 1.165) is 23.5 Å². The summed E-state index contributed by atoms with van der Waals surface area (Å²) in [6.45, 7) is 2.22. The summed E-state index contributed by atoms with van der Waals surface area (Å²) >= 11 is 5.97. The standard InChI is InChI=1S/C22H22ClN/c1-22(17-18-23)15-8-13-21(14-16-22)24(19-9-4-2-5-10-19)20-11-6-3-7-12-20/h2-16H,17-18H2,1H3. The fourth-order valence-electron chi connectivity index (χ4n) is 2.87. The number of halogens is 1. The van der Waals surface area contributed by atoms with Crippen molar-refractivity contribution in [1.29, 1.82) is 0 Å². The first-order chi connectivity index (χ1) is 11.7. The Morgan fingerprint density at radius 1 is 0.875 bits per heavy atom. The molecule has 0 spiro atoms. The van der Waals surface area contributed by atoms with Gasteiger partial charge >= 0.3 is 0 Å². The molecule has 0 bridgehead atoms. The molecule has 0 amide bonds. The maximum absolute atomic E-state index is 5.97. The lowest BCUT2D eigenvalue weighted by molar-refractivity contribution is 0.534. The molecule has 0 aromatic heterocycles. The molecule has 24 heavy (non-hydrogen) atoms. The van der Waals surface area contributed by atoms with Crippen LogP contribution in [0.3, 0.4) is 0 Å². The largest absolute Gasteiger partial charge is 0.311 e. The molecule has 0 aliphatic heterocycles. The molecule has 0 saturated carbocycles. The van der Waals surface area contributed by atoms with E-state index in [4.69, 9.17) is 11.6 Å². The van der Waals surface area contributed by atoms with Gasteiger partial charge in [-0.3, -0.25) is 0 Å². The molecule has 122 valence electrons. The molecule has 1 nitrogen and oxygen atoms in total. The minimum Gasteiger partial charge on any atom is -0.311 e. The van der Waals surface area contributed by atoms with Gasteiger partial charge in [0.05, 0.1) is 0 Å². The number of anilines is 2. The molecule has 1 aliphatic carbocycles. The fourth-order valence-corrected chi connectivity index (χ4v) is 3.28. The average Bonchev–Trinajstić information content (AvgIpc) is 2.80. The summed E-state index contributed by atoms with van der Waals surface area (Å²) in [6.07, 6.45) is 11.9. The number of para-hydroxylation sites is 2. The minimum absolute atomic E-state index is 0.000947. The van der Waals surface area contributed by atoms with Gasteiger partial charge in [0.15, 0.2) is 0 Å². The van der Waals surface area contributed by atoms with E-state index in [9.17, 15) is 0 Å². The Bertz CT molecular complexity index is 707. The molecule has 2 aromatic rings. The normalized spacial score (nSPS) is 19.7. The second-order valence-electron chi connectivity index (χ2n) is 6.24. The Hall–Kier alpha value is -2.25. The lowest BCUT2D eigenvalue weighted by Crippen LogP contribution is -2.15. The summed E-state index contributed by atoms with van der Waals surface area (Å²) in [7, 11) is 0. The third-order valence-corrected chi connectivity index (χ3v) is 4.49. The number of alkyl halides is 1. The number of nitrogens with zero attached hydrogens (tertiary/aromatic N) is 1. The van der Waals surface area contributed by atoms with Crippen LogP contribution in [0.25, 0.3) is 0 Å². The van der Waals surface area contributed by atoms with Crippen molar-refractivity contribution in [3.05, 3.63) is 96.7 Å². The quantitative estimate of drug-likeness (QED) is 0.566. The number of rotatable bonds is 5. The zero-order valence-electron chi connectivity index (χ0n) is 13.9. The zero-order valence-corrected chi connectivity index (χ0v) is 14.7. The van der Waals surface area contributed by atoms with Gasteiger partial charge in [0.25, 0.3) is 0 Å². The van der Waals surface area contributed by atoms with Crippen molar-refractivity contribution in [2.24, 2.45) is 5.41 Å². The van der Waals surface area contributed by atoms with Crippen LogP contribution in [0.15, 0.2) is 96.7 Å². The molecule has 3 rings (SSSR count). The molecule has 0 fully saturated rings. The van der Waals surface area contributed by atoms with Crippen LogP contribution in [0.2, 0.25) is 0 Å². The molecule has 2 heteroatoms. The van der Waals surface area contributed by atoms with Crippen LogP contribution < -0.4 is 4.90 Å². The van der Waals surface area contributed by atoms with E-state index in [1.807, 2.05) is 12.1 Å². The molecule has 0 N–H and O–H groups in total. The van der Waals surface area contributed by atoms with Crippen LogP contribution in [-0.4, -0.2) is 5.88 Å². The van der Waals surface area contributed by atoms with E-state index >= 15 is 0 Å². The average molecular weight is 336 g/mol. The van der Waals surface area contributed by atoms with Gasteiger partial charge in [0.1, 0.15) is 0 Å². The van der Waals surface area contributed by atoms with Crippen molar-refractivity contribution in [3.63, 3.8) is 0 Å². The molecular weight excluding hydrogens is 314 g/mol. The molecule has 0 heterocycles. The zero-order chi connectivity index (χ0) is 16.8. The van der Waals surface area contributed by atoms with E-state index in [1.165, 1.54) is 0 Å². The van der Waals surface area contributed by atoms with Crippen molar-refractivity contribution in [2.45, 2.75) is 13.3 Å². The van der Waals surface area contributed by atoms with Crippen molar-refractivity contribution < 1.29 is 0 Å². The summed E-state index contributed by atoms with van der Waals surface area (Å²) in [4.78, 5) is 2.27.